The van der Waals surface area contributed by atoms with Crippen molar-refractivity contribution in [3.63, 3.8) is 0 Å². The fraction of sp³-hybridized carbons (Fsp3) is 0.364. The van der Waals surface area contributed by atoms with E-state index in [4.69, 9.17) is 26.8 Å². The number of ether oxygens (including phenoxy) is 2. The third-order valence-corrected chi connectivity index (χ3v) is 5.67. The first kappa shape index (κ1) is 21.1. The maximum atomic E-state index is 5.65. The molecule has 3 aromatic rings. The maximum absolute atomic E-state index is 5.65. The van der Waals surface area contributed by atoms with Crippen molar-refractivity contribution >= 4 is 12.2 Å². The van der Waals surface area contributed by atoms with Crippen molar-refractivity contribution in [1.82, 2.24) is 14.3 Å². The Bertz CT molecular complexity index is 1070. The van der Waals surface area contributed by atoms with E-state index in [2.05, 4.69) is 33.0 Å². The number of benzene rings is 2. The predicted octanol–water partition coefficient (Wildman–Crippen LogP) is 2.92. The van der Waals surface area contributed by atoms with Crippen molar-refractivity contribution in [2.75, 3.05) is 21.3 Å². The van der Waals surface area contributed by atoms with Crippen LogP contribution >= 0.6 is 12.2 Å². The number of quaternary nitrogens is 1. The first-order valence-corrected chi connectivity index (χ1v) is 9.99. The third kappa shape index (κ3) is 4.36. The standard InChI is InChI=1S/C22H28N4O2S/c1-15-9-7-8-10-18(15)21-23-26(22(29)25(21)4)14-24(3)13-17-12-20(28-6)19(27-5)11-16(17)2/h7-12H,13-14H2,1-6H3/p+1. The van der Waals surface area contributed by atoms with Crippen LogP contribution in [0.2, 0.25) is 0 Å². The number of hydrogen-bond acceptors (Lipinski definition) is 4. The summed E-state index contributed by atoms with van der Waals surface area (Å²) in [4.78, 5) is 1.27. The maximum Gasteiger partial charge on any atom is 0.202 e. The topological polar surface area (TPSA) is 45.7 Å². The smallest absolute Gasteiger partial charge is 0.202 e. The first-order valence-electron chi connectivity index (χ1n) is 9.58. The van der Waals surface area contributed by atoms with Crippen molar-refractivity contribution in [3.05, 3.63) is 57.9 Å². The molecule has 3 rings (SSSR count). The van der Waals surface area contributed by atoms with Crippen molar-refractivity contribution in [2.24, 2.45) is 7.05 Å². The molecule has 154 valence electrons. The zero-order valence-corrected chi connectivity index (χ0v) is 18.8. The van der Waals surface area contributed by atoms with Gasteiger partial charge in [0.05, 0.1) is 21.3 Å². The fourth-order valence-corrected chi connectivity index (χ4v) is 3.69. The first-order chi connectivity index (χ1) is 13.8. The Morgan fingerprint density at radius 2 is 1.69 bits per heavy atom. The second-order valence-corrected chi connectivity index (χ2v) is 7.77. The summed E-state index contributed by atoms with van der Waals surface area (Å²) in [5.41, 5.74) is 4.67. The Hall–Kier alpha value is -2.64. The third-order valence-electron chi connectivity index (χ3n) is 5.18. The van der Waals surface area contributed by atoms with E-state index < -0.39 is 0 Å². The Balaban J connectivity index is 1.84. The average Bonchev–Trinajstić information content (AvgIpc) is 2.97. The molecule has 0 fully saturated rings. The molecule has 7 heteroatoms. The lowest BCUT2D eigenvalue weighted by Crippen LogP contribution is -3.07. The Morgan fingerprint density at radius 1 is 1.03 bits per heavy atom. The molecule has 1 N–H and O–H groups in total. The van der Waals surface area contributed by atoms with Crippen LogP contribution in [-0.4, -0.2) is 35.6 Å². The van der Waals surface area contributed by atoms with E-state index in [1.165, 1.54) is 21.6 Å². The van der Waals surface area contributed by atoms with Gasteiger partial charge in [0.1, 0.15) is 6.54 Å². The zero-order valence-electron chi connectivity index (χ0n) is 17.9. The highest BCUT2D eigenvalue weighted by Crippen LogP contribution is 2.30. The number of aryl methyl sites for hydroxylation is 2. The van der Waals surface area contributed by atoms with E-state index in [1.54, 1.807) is 14.2 Å². The number of hydrogen-bond donors (Lipinski definition) is 1. The molecule has 2 aromatic carbocycles. The highest BCUT2D eigenvalue weighted by molar-refractivity contribution is 7.71. The van der Waals surface area contributed by atoms with E-state index in [0.29, 0.717) is 11.4 Å². The Labute approximate surface area is 177 Å². The fourth-order valence-electron chi connectivity index (χ4n) is 3.50. The second-order valence-electron chi connectivity index (χ2n) is 7.41. The SMILES string of the molecule is COc1cc(C)c(C[NH+](C)Cn2nc(-c3ccccc3C)n(C)c2=S)cc1OC. The molecular formula is C22H29N4O2S+. The van der Waals surface area contributed by atoms with Crippen molar-refractivity contribution < 1.29 is 14.4 Å². The molecule has 0 aliphatic heterocycles. The molecule has 0 radical (unpaired) electrons. The van der Waals surface area contributed by atoms with Gasteiger partial charge in [-0.3, -0.25) is 0 Å². The summed E-state index contributed by atoms with van der Waals surface area (Å²) in [6.45, 7) is 5.68. The molecule has 1 atom stereocenters. The monoisotopic (exact) mass is 413 g/mol. The number of aromatic nitrogens is 3. The molecule has 1 heterocycles. The largest absolute Gasteiger partial charge is 0.493 e. The van der Waals surface area contributed by atoms with Crippen LogP contribution in [-0.2, 0) is 20.3 Å². The van der Waals surface area contributed by atoms with E-state index in [9.17, 15) is 0 Å². The van der Waals surface area contributed by atoms with Crippen LogP contribution in [0.25, 0.3) is 11.4 Å². The summed E-state index contributed by atoms with van der Waals surface area (Å²) >= 11 is 5.65. The molecule has 0 bridgehead atoms. The van der Waals surface area contributed by atoms with Gasteiger partial charge in [-0.2, -0.15) is 4.68 Å². The number of nitrogens with zero attached hydrogens (tertiary/aromatic N) is 3. The summed E-state index contributed by atoms with van der Waals surface area (Å²) in [7, 11) is 7.43. The van der Waals surface area contributed by atoms with Crippen molar-refractivity contribution in [1.29, 1.82) is 0 Å². The van der Waals surface area contributed by atoms with Gasteiger partial charge >= 0.3 is 0 Å². The lowest BCUT2D eigenvalue weighted by molar-refractivity contribution is -0.917. The minimum Gasteiger partial charge on any atom is -0.493 e. The van der Waals surface area contributed by atoms with E-state index in [0.717, 1.165) is 29.4 Å². The van der Waals surface area contributed by atoms with E-state index in [1.807, 2.05) is 40.6 Å². The molecule has 1 unspecified atom stereocenters. The average molecular weight is 414 g/mol. The molecular weight excluding hydrogens is 384 g/mol. The number of nitrogens with one attached hydrogen (secondary N) is 1. The molecule has 0 saturated carbocycles. The highest BCUT2D eigenvalue weighted by atomic mass is 32.1. The van der Waals surface area contributed by atoms with Gasteiger partial charge in [0, 0.05) is 18.2 Å². The second kappa shape index (κ2) is 8.80. The highest BCUT2D eigenvalue weighted by Gasteiger charge is 2.16. The van der Waals surface area contributed by atoms with Gasteiger partial charge in [-0.15, -0.1) is 5.10 Å². The Kier molecular flexibility index (Phi) is 6.39. The van der Waals surface area contributed by atoms with E-state index in [-0.39, 0.29) is 0 Å². The van der Waals surface area contributed by atoms with Crippen LogP contribution in [0.3, 0.4) is 0 Å². The summed E-state index contributed by atoms with van der Waals surface area (Å²) in [5.74, 6) is 2.39. The van der Waals surface area contributed by atoms with Gasteiger partial charge in [-0.25, -0.2) is 0 Å². The van der Waals surface area contributed by atoms with Gasteiger partial charge in [-0.05, 0) is 49.3 Å². The zero-order chi connectivity index (χ0) is 21.1. The molecule has 1 aromatic heterocycles. The van der Waals surface area contributed by atoms with Crippen molar-refractivity contribution in [3.8, 4) is 22.9 Å². The van der Waals surface area contributed by atoms with Crippen LogP contribution in [0.5, 0.6) is 11.5 Å². The molecule has 29 heavy (non-hydrogen) atoms. The molecule has 6 nitrogen and oxygen atoms in total. The van der Waals surface area contributed by atoms with Crippen molar-refractivity contribution in [2.45, 2.75) is 27.1 Å². The minimum atomic E-state index is 0.673. The molecule has 0 amide bonds. The van der Waals surface area contributed by atoms with Crippen LogP contribution in [0.1, 0.15) is 16.7 Å². The predicted molar refractivity (Wildman–Crippen MR) is 117 cm³/mol. The van der Waals surface area contributed by atoms with Crippen LogP contribution < -0.4 is 14.4 Å². The van der Waals surface area contributed by atoms with E-state index >= 15 is 0 Å². The quantitative estimate of drug-likeness (QED) is 0.605. The van der Waals surface area contributed by atoms with Crippen LogP contribution in [0, 0.1) is 18.6 Å². The molecule has 0 aliphatic rings. The van der Waals surface area contributed by atoms with Gasteiger partial charge < -0.3 is 18.9 Å². The number of rotatable bonds is 7. The normalized spacial score (nSPS) is 12.1. The lowest BCUT2D eigenvalue weighted by atomic mass is 10.1. The molecule has 0 spiro atoms. The van der Waals surface area contributed by atoms with Gasteiger partial charge in [0.2, 0.25) is 4.77 Å². The van der Waals surface area contributed by atoms with Gasteiger partial charge in [-0.1, -0.05) is 24.3 Å². The minimum absolute atomic E-state index is 0.673. The molecule has 0 aliphatic carbocycles. The summed E-state index contributed by atoms with van der Waals surface area (Å²) in [6, 6.07) is 12.3. The summed E-state index contributed by atoms with van der Waals surface area (Å²) in [6.07, 6.45) is 0. The van der Waals surface area contributed by atoms with Gasteiger partial charge in [0.15, 0.2) is 24.0 Å². The molecule has 0 saturated heterocycles. The number of methoxy groups -OCH3 is 2. The lowest BCUT2D eigenvalue weighted by Gasteiger charge is -2.17. The summed E-state index contributed by atoms with van der Waals surface area (Å²) < 4.78 is 15.5. The van der Waals surface area contributed by atoms with Gasteiger partial charge in [0.25, 0.3) is 0 Å². The summed E-state index contributed by atoms with van der Waals surface area (Å²) in [5, 5.41) is 4.82. The van der Waals surface area contributed by atoms with Crippen LogP contribution in [0.15, 0.2) is 36.4 Å². The van der Waals surface area contributed by atoms with Crippen LogP contribution in [0.4, 0.5) is 0 Å². The Morgan fingerprint density at radius 3 is 2.34 bits per heavy atom.